The van der Waals surface area contributed by atoms with E-state index in [9.17, 15) is 18.0 Å². The number of alkyl halides is 3. The molecule has 0 radical (unpaired) electrons. The first-order valence-corrected chi connectivity index (χ1v) is 10.3. The van der Waals surface area contributed by atoms with Gasteiger partial charge < -0.3 is 14.2 Å². The summed E-state index contributed by atoms with van der Waals surface area (Å²) in [4.78, 5) is 16.7. The van der Waals surface area contributed by atoms with Crippen molar-refractivity contribution in [1.82, 2.24) is 9.38 Å². The molecule has 0 saturated heterocycles. The summed E-state index contributed by atoms with van der Waals surface area (Å²) < 4.78 is 56.7. The fourth-order valence-electron chi connectivity index (χ4n) is 3.24. The van der Waals surface area contributed by atoms with Crippen LogP contribution >= 0.6 is 11.6 Å². The molecule has 3 aromatic rings. The van der Waals surface area contributed by atoms with Gasteiger partial charge in [0.25, 0.3) is 0 Å². The lowest BCUT2D eigenvalue weighted by Gasteiger charge is -2.11. The highest BCUT2D eigenvalue weighted by molar-refractivity contribution is 6.33. The molecule has 6 nitrogen and oxygen atoms in total. The molecule has 10 heteroatoms. The quantitative estimate of drug-likeness (QED) is 0.310. The van der Waals surface area contributed by atoms with Crippen LogP contribution in [-0.4, -0.2) is 29.6 Å². The third kappa shape index (κ3) is 5.42. The molecular formula is C23H22ClF3N2O4. The Kier molecular flexibility index (Phi) is 7.22. The number of pyridine rings is 1. The van der Waals surface area contributed by atoms with Crippen molar-refractivity contribution in [3.05, 3.63) is 64.1 Å². The number of rotatable bonds is 7. The molecule has 176 valence electrons. The Balaban J connectivity index is 1.85. The fourth-order valence-corrected chi connectivity index (χ4v) is 3.49. The van der Waals surface area contributed by atoms with E-state index in [0.717, 1.165) is 12.3 Å². The second kappa shape index (κ2) is 9.74. The zero-order valence-electron chi connectivity index (χ0n) is 18.4. The molecule has 0 aliphatic heterocycles. The first-order valence-electron chi connectivity index (χ1n) is 9.89. The highest BCUT2D eigenvalue weighted by atomic mass is 35.5. The lowest BCUT2D eigenvalue weighted by molar-refractivity contribution is -0.139. The van der Waals surface area contributed by atoms with Gasteiger partial charge in [-0.1, -0.05) is 31.5 Å². The Bertz CT molecular complexity index is 1200. The SMILES string of the molecule is COc1ccc(/C=C/C(=O)OCc2c(C(C)C)nc3c(Cl)cc(C(F)(F)F)cn23)cc1OC. The monoisotopic (exact) mass is 482 g/mol. The van der Waals surface area contributed by atoms with E-state index in [1.54, 1.807) is 18.2 Å². The standard InChI is InChI=1S/C23H22ClF3N2O4/c1-13(2)21-17(29-11-15(23(25,26)27)10-16(24)22(29)28-21)12-33-20(30)8-6-14-5-7-18(31-3)19(9-14)32-4/h5-11,13H,12H2,1-4H3/b8-6+. The maximum absolute atomic E-state index is 13.3. The van der Waals surface area contributed by atoms with Gasteiger partial charge in [-0.3, -0.25) is 4.40 Å². The molecule has 1 aromatic carbocycles. The summed E-state index contributed by atoms with van der Waals surface area (Å²) in [6, 6.07) is 5.94. The van der Waals surface area contributed by atoms with Crippen LogP contribution in [0.3, 0.4) is 0 Å². The minimum Gasteiger partial charge on any atom is -0.493 e. The van der Waals surface area contributed by atoms with Gasteiger partial charge in [-0.25, -0.2) is 9.78 Å². The first-order chi connectivity index (χ1) is 15.5. The highest BCUT2D eigenvalue weighted by Crippen LogP contribution is 2.34. The molecule has 0 aliphatic carbocycles. The Morgan fingerprint density at radius 1 is 1.18 bits per heavy atom. The molecule has 0 bridgehead atoms. The zero-order chi connectivity index (χ0) is 24.3. The number of halogens is 4. The second-order valence-corrected chi connectivity index (χ2v) is 7.83. The van der Waals surface area contributed by atoms with Crippen LogP contribution in [0.5, 0.6) is 11.5 Å². The maximum Gasteiger partial charge on any atom is 0.417 e. The molecular weight excluding hydrogens is 461 g/mol. The number of fused-ring (bicyclic) bond motifs is 1. The van der Waals surface area contributed by atoms with Crippen LogP contribution in [0.25, 0.3) is 11.7 Å². The number of imidazole rings is 1. The van der Waals surface area contributed by atoms with E-state index in [2.05, 4.69) is 4.98 Å². The number of esters is 1. The molecule has 0 fully saturated rings. The van der Waals surface area contributed by atoms with E-state index in [-0.39, 0.29) is 23.2 Å². The number of benzene rings is 1. The van der Waals surface area contributed by atoms with Crippen LogP contribution in [0, 0.1) is 0 Å². The molecule has 0 saturated carbocycles. The van der Waals surface area contributed by atoms with Crippen molar-refractivity contribution in [2.75, 3.05) is 14.2 Å². The predicted octanol–water partition coefficient (Wildman–Crippen LogP) is 5.90. The van der Waals surface area contributed by atoms with Crippen molar-refractivity contribution < 1.29 is 32.2 Å². The third-order valence-electron chi connectivity index (χ3n) is 4.85. The summed E-state index contributed by atoms with van der Waals surface area (Å²) in [7, 11) is 3.01. The van der Waals surface area contributed by atoms with E-state index < -0.39 is 17.7 Å². The van der Waals surface area contributed by atoms with Crippen molar-refractivity contribution in [1.29, 1.82) is 0 Å². The minimum absolute atomic E-state index is 0.133. The van der Waals surface area contributed by atoms with Crippen molar-refractivity contribution in [3.8, 4) is 11.5 Å². The van der Waals surface area contributed by atoms with Gasteiger partial charge in [0.2, 0.25) is 0 Å². The number of hydrogen-bond donors (Lipinski definition) is 0. The lowest BCUT2D eigenvalue weighted by atomic mass is 10.1. The van der Waals surface area contributed by atoms with E-state index >= 15 is 0 Å². The van der Waals surface area contributed by atoms with Gasteiger partial charge >= 0.3 is 12.1 Å². The fraction of sp³-hybridized carbons (Fsp3) is 0.304. The largest absolute Gasteiger partial charge is 0.493 e. The van der Waals surface area contributed by atoms with Gasteiger partial charge in [0.15, 0.2) is 17.1 Å². The number of nitrogens with zero attached hydrogens (tertiary/aromatic N) is 2. The van der Waals surface area contributed by atoms with E-state index in [1.165, 1.54) is 30.8 Å². The Labute approximate surface area is 193 Å². The summed E-state index contributed by atoms with van der Waals surface area (Å²) in [5.74, 6) is 0.236. The van der Waals surface area contributed by atoms with E-state index in [4.69, 9.17) is 25.8 Å². The Morgan fingerprint density at radius 3 is 2.48 bits per heavy atom. The van der Waals surface area contributed by atoms with Gasteiger partial charge in [0.1, 0.15) is 6.61 Å². The van der Waals surface area contributed by atoms with Crippen molar-refractivity contribution in [2.24, 2.45) is 0 Å². The van der Waals surface area contributed by atoms with Crippen molar-refractivity contribution in [2.45, 2.75) is 32.5 Å². The maximum atomic E-state index is 13.3. The zero-order valence-corrected chi connectivity index (χ0v) is 19.1. The van der Waals surface area contributed by atoms with E-state index in [1.807, 2.05) is 13.8 Å². The normalized spacial score (nSPS) is 12.0. The van der Waals surface area contributed by atoms with Gasteiger partial charge in [0, 0.05) is 12.3 Å². The smallest absolute Gasteiger partial charge is 0.417 e. The average Bonchev–Trinajstić information content (AvgIpc) is 3.15. The summed E-state index contributed by atoms with van der Waals surface area (Å²) in [5.41, 5.74) is 0.728. The highest BCUT2D eigenvalue weighted by Gasteiger charge is 2.32. The number of hydrogen-bond acceptors (Lipinski definition) is 5. The van der Waals surface area contributed by atoms with Gasteiger partial charge in [-0.05, 0) is 35.8 Å². The first kappa shape index (κ1) is 24.4. The molecule has 33 heavy (non-hydrogen) atoms. The molecule has 2 aromatic heterocycles. The molecule has 3 rings (SSSR count). The lowest BCUT2D eigenvalue weighted by Crippen LogP contribution is -2.09. The molecule has 0 spiro atoms. The van der Waals surface area contributed by atoms with Crippen LogP contribution in [0.4, 0.5) is 13.2 Å². The van der Waals surface area contributed by atoms with E-state index in [0.29, 0.717) is 28.5 Å². The average molecular weight is 483 g/mol. The molecule has 0 N–H and O–H groups in total. The number of carbonyl (C=O) groups is 1. The molecule has 0 unspecified atom stereocenters. The minimum atomic E-state index is -4.59. The van der Waals surface area contributed by atoms with Crippen LogP contribution in [0.1, 0.15) is 42.3 Å². The van der Waals surface area contributed by atoms with Crippen molar-refractivity contribution in [3.63, 3.8) is 0 Å². The Hall–Kier alpha value is -3.20. The molecule has 0 atom stereocenters. The van der Waals surface area contributed by atoms with Crippen LogP contribution < -0.4 is 9.47 Å². The predicted molar refractivity (Wildman–Crippen MR) is 118 cm³/mol. The van der Waals surface area contributed by atoms with Crippen LogP contribution in [0.2, 0.25) is 5.02 Å². The third-order valence-corrected chi connectivity index (χ3v) is 5.13. The summed E-state index contributed by atoms with van der Waals surface area (Å²) in [5, 5.41) is -0.141. The number of ether oxygens (including phenoxy) is 3. The summed E-state index contributed by atoms with van der Waals surface area (Å²) >= 11 is 6.06. The number of carbonyl (C=O) groups excluding carboxylic acids is 1. The number of aromatic nitrogens is 2. The van der Waals surface area contributed by atoms with Crippen LogP contribution in [-0.2, 0) is 22.3 Å². The Morgan fingerprint density at radius 2 is 1.88 bits per heavy atom. The second-order valence-electron chi connectivity index (χ2n) is 7.42. The molecule has 0 aliphatic rings. The number of methoxy groups -OCH3 is 2. The van der Waals surface area contributed by atoms with Gasteiger partial charge in [-0.2, -0.15) is 13.2 Å². The topological polar surface area (TPSA) is 62.1 Å². The van der Waals surface area contributed by atoms with Gasteiger partial charge in [-0.15, -0.1) is 0 Å². The molecule has 0 amide bonds. The summed E-state index contributed by atoms with van der Waals surface area (Å²) in [6.45, 7) is 3.40. The molecule has 2 heterocycles. The van der Waals surface area contributed by atoms with Crippen molar-refractivity contribution >= 4 is 29.3 Å². The van der Waals surface area contributed by atoms with Crippen LogP contribution in [0.15, 0.2) is 36.5 Å². The summed E-state index contributed by atoms with van der Waals surface area (Å²) in [6.07, 6.45) is -0.937. The van der Waals surface area contributed by atoms with Gasteiger partial charge in [0.05, 0.1) is 36.2 Å².